The topological polar surface area (TPSA) is 20.3 Å². The Morgan fingerprint density at radius 3 is 2.32 bits per heavy atom. The molecule has 1 heterocycles. The van der Waals surface area contributed by atoms with Gasteiger partial charge in [-0.15, -0.1) is 0 Å². The van der Waals surface area contributed by atoms with Crippen LogP contribution in [0.15, 0.2) is 22.7 Å². The quantitative estimate of drug-likeness (QED) is 0.756. The summed E-state index contributed by atoms with van der Waals surface area (Å²) in [7, 11) is 0. The third-order valence-corrected chi connectivity index (χ3v) is 3.83. The lowest BCUT2D eigenvalue weighted by Crippen LogP contribution is -2.35. The number of piperidine rings is 1. The summed E-state index contributed by atoms with van der Waals surface area (Å²) in [4.78, 5) is 13.9. The van der Waals surface area contributed by atoms with Crippen LogP contribution in [0.2, 0.25) is 0 Å². The molecule has 19 heavy (non-hydrogen) atoms. The van der Waals surface area contributed by atoms with Gasteiger partial charge in [0.2, 0.25) is 0 Å². The van der Waals surface area contributed by atoms with Crippen molar-refractivity contribution in [3.05, 3.63) is 33.8 Å². The first-order valence-electron chi connectivity index (χ1n) is 6.05. The van der Waals surface area contributed by atoms with Crippen LogP contribution in [0.3, 0.4) is 0 Å². The van der Waals surface area contributed by atoms with Crippen LogP contribution >= 0.6 is 15.9 Å². The number of amides is 1. The Bertz CT molecular complexity index is 481. The molecule has 2 nitrogen and oxygen atoms in total. The Labute approximate surface area is 117 Å². The molecule has 1 aromatic carbocycles. The van der Waals surface area contributed by atoms with Crippen molar-refractivity contribution in [3.63, 3.8) is 0 Å². The summed E-state index contributed by atoms with van der Waals surface area (Å²) >= 11 is 3.06. The number of nitrogens with zero attached hydrogens (tertiary/aromatic N) is 1. The maximum absolute atomic E-state index is 12.5. The van der Waals surface area contributed by atoms with Gasteiger partial charge in [-0.1, -0.05) is 0 Å². The third kappa shape index (κ3) is 3.29. The second kappa shape index (κ2) is 5.53. The number of hydrogen-bond donors (Lipinski definition) is 0. The van der Waals surface area contributed by atoms with E-state index in [0.29, 0.717) is 13.1 Å². The van der Waals surface area contributed by atoms with Gasteiger partial charge in [0.1, 0.15) is 0 Å². The van der Waals surface area contributed by atoms with Gasteiger partial charge in [-0.2, -0.15) is 13.2 Å². The van der Waals surface area contributed by atoms with Crippen molar-refractivity contribution in [1.82, 2.24) is 4.90 Å². The molecule has 0 spiro atoms. The molecule has 0 aromatic heterocycles. The maximum atomic E-state index is 12.5. The lowest BCUT2D eigenvalue weighted by molar-refractivity contribution is -0.137. The fourth-order valence-corrected chi connectivity index (χ4v) is 2.68. The van der Waals surface area contributed by atoms with Crippen LogP contribution in [0.5, 0.6) is 0 Å². The van der Waals surface area contributed by atoms with E-state index in [2.05, 4.69) is 15.9 Å². The van der Waals surface area contributed by atoms with E-state index in [9.17, 15) is 18.0 Å². The van der Waals surface area contributed by atoms with Crippen LogP contribution < -0.4 is 0 Å². The molecule has 1 aliphatic heterocycles. The number of carbonyl (C=O) groups excluding carboxylic acids is 1. The fraction of sp³-hybridized carbons (Fsp3) is 0.462. The second-order valence-corrected chi connectivity index (χ2v) is 5.40. The Kier molecular flexibility index (Phi) is 4.18. The van der Waals surface area contributed by atoms with Gasteiger partial charge in [-0.05, 0) is 53.4 Å². The van der Waals surface area contributed by atoms with Crippen molar-refractivity contribution in [3.8, 4) is 0 Å². The Morgan fingerprint density at radius 2 is 1.79 bits per heavy atom. The molecule has 0 aliphatic carbocycles. The number of halogens is 4. The van der Waals surface area contributed by atoms with Crippen LogP contribution in [-0.4, -0.2) is 23.9 Å². The van der Waals surface area contributed by atoms with Crippen molar-refractivity contribution < 1.29 is 18.0 Å². The summed E-state index contributed by atoms with van der Waals surface area (Å²) in [5.41, 5.74) is -0.468. The van der Waals surface area contributed by atoms with E-state index in [1.807, 2.05) is 0 Å². The first-order chi connectivity index (χ1) is 8.89. The molecular weight excluding hydrogens is 323 g/mol. The Hall–Kier alpha value is -1.04. The van der Waals surface area contributed by atoms with Crippen LogP contribution in [0, 0.1) is 0 Å². The monoisotopic (exact) mass is 335 g/mol. The normalized spacial score (nSPS) is 16.5. The summed E-state index contributed by atoms with van der Waals surface area (Å²) in [6.07, 6.45) is -1.40. The Morgan fingerprint density at radius 1 is 1.16 bits per heavy atom. The molecule has 6 heteroatoms. The predicted octanol–water partition coefficient (Wildman–Crippen LogP) is 4.09. The zero-order valence-corrected chi connectivity index (χ0v) is 11.7. The first kappa shape index (κ1) is 14.4. The van der Waals surface area contributed by atoms with Crippen molar-refractivity contribution >= 4 is 21.8 Å². The van der Waals surface area contributed by atoms with Crippen molar-refractivity contribution in [2.24, 2.45) is 0 Å². The van der Waals surface area contributed by atoms with Crippen molar-refractivity contribution in [2.45, 2.75) is 25.4 Å². The zero-order valence-electron chi connectivity index (χ0n) is 10.1. The van der Waals surface area contributed by atoms with E-state index in [-0.39, 0.29) is 15.9 Å². The van der Waals surface area contributed by atoms with Gasteiger partial charge in [0.25, 0.3) is 5.91 Å². The molecule has 1 aromatic rings. The Balaban J connectivity index is 2.23. The lowest BCUT2D eigenvalue weighted by Gasteiger charge is -2.27. The summed E-state index contributed by atoms with van der Waals surface area (Å²) in [5, 5.41) is 0. The van der Waals surface area contributed by atoms with E-state index < -0.39 is 11.7 Å². The van der Waals surface area contributed by atoms with Gasteiger partial charge >= 0.3 is 6.18 Å². The number of likely N-dealkylation sites (tertiary alicyclic amines) is 1. The van der Waals surface area contributed by atoms with Crippen LogP contribution in [0.25, 0.3) is 0 Å². The predicted molar refractivity (Wildman–Crippen MR) is 68.9 cm³/mol. The SMILES string of the molecule is O=C(c1ccc(C(F)(F)F)cc1Br)N1CCCCC1. The number of carbonyl (C=O) groups is 1. The molecular formula is C13H13BrF3NO. The largest absolute Gasteiger partial charge is 0.416 e. The van der Waals surface area contributed by atoms with E-state index in [0.717, 1.165) is 31.4 Å². The fourth-order valence-electron chi connectivity index (χ4n) is 2.13. The highest BCUT2D eigenvalue weighted by molar-refractivity contribution is 9.10. The minimum atomic E-state index is -4.39. The highest BCUT2D eigenvalue weighted by Gasteiger charge is 2.31. The third-order valence-electron chi connectivity index (χ3n) is 3.17. The zero-order chi connectivity index (χ0) is 14.0. The van der Waals surface area contributed by atoms with Crippen molar-refractivity contribution in [1.29, 1.82) is 0 Å². The van der Waals surface area contributed by atoms with Crippen LogP contribution in [-0.2, 0) is 6.18 Å². The smallest absolute Gasteiger partial charge is 0.339 e. The summed E-state index contributed by atoms with van der Waals surface area (Å²) in [5.74, 6) is -0.208. The van der Waals surface area contributed by atoms with Gasteiger partial charge in [-0.3, -0.25) is 4.79 Å². The van der Waals surface area contributed by atoms with E-state index in [4.69, 9.17) is 0 Å². The maximum Gasteiger partial charge on any atom is 0.416 e. The summed E-state index contributed by atoms with van der Waals surface area (Å²) in [6.45, 7) is 1.35. The molecule has 0 radical (unpaired) electrons. The van der Waals surface area contributed by atoms with Gasteiger partial charge in [0.05, 0.1) is 11.1 Å². The van der Waals surface area contributed by atoms with E-state index in [1.165, 1.54) is 6.07 Å². The van der Waals surface area contributed by atoms with Gasteiger partial charge in [0, 0.05) is 17.6 Å². The molecule has 2 rings (SSSR count). The van der Waals surface area contributed by atoms with Gasteiger partial charge in [0.15, 0.2) is 0 Å². The molecule has 0 saturated carbocycles. The molecule has 0 N–H and O–H groups in total. The van der Waals surface area contributed by atoms with Crippen LogP contribution in [0.4, 0.5) is 13.2 Å². The highest BCUT2D eigenvalue weighted by atomic mass is 79.9. The molecule has 104 valence electrons. The van der Waals surface area contributed by atoms with E-state index >= 15 is 0 Å². The summed E-state index contributed by atoms with van der Waals surface area (Å²) < 4.78 is 37.8. The number of hydrogen-bond acceptors (Lipinski definition) is 1. The van der Waals surface area contributed by atoms with Gasteiger partial charge < -0.3 is 4.90 Å². The minimum absolute atomic E-state index is 0.192. The van der Waals surface area contributed by atoms with Crippen LogP contribution in [0.1, 0.15) is 35.2 Å². The molecule has 0 atom stereocenters. The van der Waals surface area contributed by atoms with Gasteiger partial charge in [-0.25, -0.2) is 0 Å². The molecule has 1 amide bonds. The van der Waals surface area contributed by atoms with E-state index in [1.54, 1.807) is 4.90 Å². The molecule has 1 saturated heterocycles. The average molecular weight is 336 g/mol. The standard InChI is InChI=1S/C13H13BrF3NO/c14-11-8-9(13(15,16)17)4-5-10(11)12(19)18-6-2-1-3-7-18/h4-5,8H,1-3,6-7H2. The number of alkyl halides is 3. The highest BCUT2D eigenvalue weighted by Crippen LogP contribution is 2.32. The lowest BCUT2D eigenvalue weighted by atomic mass is 10.1. The molecule has 0 unspecified atom stereocenters. The average Bonchev–Trinajstić information content (AvgIpc) is 2.38. The number of benzene rings is 1. The molecule has 0 bridgehead atoms. The van der Waals surface area contributed by atoms with Crippen molar-refractivity contribution in [2.75, 3.05) is 13.1 Å². The second-order valence-electron chi connectivity index (χ2n) is 4.55. The molecule has 1 fully saturated rings. The minimum Gasteiger partial charge on any atom is -0.339 e. The number of rotatable bonds is 1. The summed E-state index contributed by atoms with van der Waals surface area (Å²) in [6, 6.07) is 3.14. The molecule has 1 aliphatic rings. The first-order valence-corrected chi connectivity index (χ1v) is 6.85.